The molecule has 0 radical (unpaired) electrons. The van der Waals surface area contributed by atoms with Gasteiger partial charge in [-0.25, -0.2) is 8.78 Å². The summed E-state index contributed by atoms with van der Waals surface area (Å²) < 4.78 is 27.4. The molecule has 0 saturated heterocycles. The fraction of sp³-hybridized carbons (Fsp3) is 0.364. The molecule has 2 rings (SSSR count). The maximum atomic E-state index is 14.2. The van der Waals surface area contributed by atoms with Gasteiger partial charge in [0.15, 0.2) is 0 Å². The largest absolute Gasteiger partial charge is 0.350 e. The number of amides is 2. The third-order valence-electron chi connectivity index (χ3n) is 4.32. The molecule has 2 amide bonds. The molecule has 0 bridgehead atoms. The van der Waals surface area contributed by atoms with Gasteiger partial charge in [0.2, 0.25) is 11.8 Å². The number of halogens is 3. The van der Waals surface area contributed by atoms with Crippen LogP contribution >= 0.6 is 11.6 Å². The number of hydrogen-bond acceptors (Lipinski definition) is 2. The third-order valence-corrected chi connectivity index (χ3v) is 4.68. The lowest BCUT2D eigenvalue weighted by Gasteiger charge is -2.31. The Kier molecular flexibility index (Phi) is 7.36. The predicted molar refractivity (Wildman–Crippen MR) is 109 cm³/mol. The molecule has 0 saturated carbocycles. The topological polar surface area (TPSA) is 49.4 Å². The first-order valence-electron chi connectivity index (χ1n) is 9.27. The van der Waals surface area contributed by atoms with Crippen LogP contribution < -0.4 is 5.32 Å². The molecule has 0 aliphatic carbocycles. The summed E-state index contributed by atoms with van der Waals surface area (Å²) in [7, 11) is 0. The summed E-state index contributed by atoms with van der Waals surface area (Å²) in [6, 6.07) is 9.03. The van der Waals surface area contributed by atoms with Crippen molar-refractivity contribution in [2.75, 3.05) is 0 Å². The molecule has 7 heteroatoms. The lowest BCUT2D eigenvalue weighted by Crippen LogP contribution is -2.52. The monoisotopic (exact) mass is 422 g/mol. The molecule has 0 unspecified atom stereocenters. The number of benzene rings is 2. The molecule has 0 heterocycles. The molecule has 0 fully saturated rings. The molecule has 0 aliphatic heterocycles. The predicted octanol–water partition coefficient (Wildman–Crippen LogP) is 4.49. The van der Waals surface area contributed by atoms with Crippen molar-refractivity contribution in [3.63, 3.8) is 0 Å². The van der Waals surface area contributed by atoms with E-state index in [9.17, 15) is 18.4 Å². The maximum absolute atomic E-state index is 14.2. The van der Waals surface area contributed by atoms with Crippen molar-refractivity contribution in [3.8, 4) is 0 Å². The van der Waals surface area contributed by atoms with E-state index in [0.29, 0.717) is 5.56 Å². The first-order valence-corrected chi connectivity index (χ1v) is 9.64. The first kappa shape index (κ1) is 22.8. The van der Waals surface area contributed by atoms with Crippen LogP contribution in [-0.4, -0.2) is 28.3 Å². The van der Waals surface area contributed by atoms with Gasteiger partial charge in [0.1, 0.15) is 17.7 Å². The summed E-state index contributed by atoms with van der Waals surface area (Å²) in [6.07, 6.45) is -0.292. The molecule has 0 spiro atoms. The minimum Gasteiger partial charge on any atom is -0.350 e. The summed E-state index contributed by atoms with van der Waals surface area (Å²) in [5, 5.41) is 2.99. The van der Waals surface area contributed by atoms with Gasteiger partial charge in [0.25, 0.3) is 0 Å². The molecule has 1 atom stereocenters. The second-order valence-corrected chi connectivity index (χ2v) is 8.35. The van der Waals surface area contributed by atoms with E-state index in [1.165, 1.54) is 35.2 Å². The van der Waals surface area contributed by atoms with Crippen LogP contribution in [0.4, 0.5) is 8.78 Å². The Labute approximate surface area is 174 Å². The molecular weight excluding hydrogens is 398 g/mol. The molecule has 2 aromatic rings. The average Bonchev–Trinajstić information content (AvgIpc) is 2.62. The van der Waals surface area contributed by atoms with Crippen molar-refractivity contribution in [1.29, 1.82) is 0 Å². The van der Waals surface area contributed by atoms with E-state index >= 15 is 0 Å². The van der Waals surface area contributed by atoms with Crippen molar-refractivity contribution in [3.05, 3.63) is 70.2 Å². The average molecular weight is 423 g/mol. The number of rotatable bonds is 6. The Balaban J connectivity index is 2.30. The van der Waals surface area contributed by atoms with Gasteiger partial charge in [-0.2, -0.15) is 0 Å². The first-order chi connectivity index (χ1) is 13.5. The molecule has 156 valence electrons. The number of carbonyl (C=O) groups is 2. The van der Waals surface area contributed by atoms with Crippen LogP contribution in [0.1, 0.15) is 38.8 Å². The van der Waals surface area contributed by atoms with E-state index < -0.39 is 29.1 Å². The number of nitrogens with zero attached hydrogens (tertiary/aromatic N) is 1. The van der Waals surface area contributed by atoms with Crippen LogP contribution in [0.3, 0.4) is 0 Å². The fourth-order valence-corrected chi connectivity index (χ4v) is 3.03. The SMILES string of the molecule is C[C@H](C(=O)NC(C)(C)C)N(Cc1ccc(F)cc1)C(=O)Cc1c(F)cccc1Cl. The van der Waals surface area contributed by atoms with E-state index in [-0.39, 0.29) is 29.5 Å². The van der Waals surface area contributed by atoms with E-state index in [0.717, 1.165) is 0 Å². The summed E-state index contributed by atoms with van der Waals surface area (Å²) in [6.45, 7) is 7.18. The molecule has 1 N–H and O–H groups in total. The summed E-state index contributed by atoms with van der Waals surface area (Å²) >= 11 is 6.05. The van der Waals surface area contributed by atoms with E-state index in [4.69, 9.17) is 11.6 Å². The Bertz CT molecular complexity index is 859. The number of carbonyl (C=O) groups excluding carboxylic acids is 2. The van der Waals surface area contributed by atoms with Gasteiger partial charge in [0.05, 0.1) is 6.42 Å². The molecule has 4 nitrogen and oxygen atoms in total. The van der Waals surface area contributed by atoms with Gasteiger partial charge >= 0.3 is 0 Å². The summed E-state index contributed by atoms with van der Waals surface area (Å²) in [4.78, 5) is 27.1. The lowest BCUT2D eigenvalue weighted by molar-refractivity contribution is -0.140. The third kappa shape index (κ3) is 6.53. The van der Waals surface area contributed by atoms with Crippen LogP contribution in [-0.2, 0) is 22.6 Å². The van der Waals surface area contributed by atoms with Crippen LogP contribution in [0, 0.1) is 11.6 Å². The lowest BCUT2D eigenvalue weighted by atomic mass is 10.1. The van der Waals surface area contributed by atoms with Gasteiger partial charge < -0.3 is 10.2 Å². The van der Waals surface area contributed by atoms with Gasteiger partial charge in [-0.1, -0.05) is 29.8 Å². The van der Waals surface area contributed by atoms with Crippen molar-refractivity contribution in [1.82, 2.24) is 10.2 Å². The quantitative estimate of drug-likeness (QED) is 0.745. The Hall–Kier alpha value is -2.47. The fourth-order valence-electron chi connectivity index (χ4n) is 2.80. The zero-order chi connectivity index (χ0) is 21.8. The molecular formula is C22H25ClF2N2O2. The second-order valence-electron chi connectivity index (χ2n) is 7.94. The minimum absolute atomic E-state index is 0.0733. The highest BCUT2D eigenvalue weighted by Crippen LogP contribution is 2.21. The van der Waals surface area contributed by atoms with E-state index in [2.05, 4.69) is 5.32 Å². The van der Waals surface area contributed by atoms with Crippen molar-refractivity contribution >= 4 is 23.4 Å². The number of nitrogens with one attached hydrogen (secondary N) is 1. The number of hydrogen-bond donors (Lipinski definition) is 1. The summed E-state index contributed by atoms with van der Waals surface area (Å²) in [5.41, 5.74) is 0.242. The Morgan fingerprint density at radius 2 is 1.72 bits per heavy atom. The zero-order valence-corrected chi connectivity index (χ0v) is 17.7. The van der Waals surface area contributed by atoms with Crippen LogP contribution in [0.15, 0.2) is 42.5 Å². The van der Waals surface area contributed by atoms with Gasteiger partial charge in [-0.05, 0) is 57.5 Å². The highest BCUT2D eigenvalue weighted by molar-refractivity contribution is 6.31. The minimum atomic E-state index is -0.822. The van der Waals surface area contributed by atoms with Crippen molar-refractivity contribution in [2.45, 2.75) is 52.2 Å². The van der Waals surface area contributed by atoms with Crippen molar-refractivity contribution in [2.24, 2.45) is 0 Å². The van der Waals surface area contributed by atoms with Crippen molar-refractivity contribution < 1.29 is 18.4 Å². The van der Waals surface area contributed by atoms with Gasteiger partial charge in [-0.3, -0.25) is 9.59 Å². The van der Waals surface area contributed by atoms with Gasteiger partial charge in [0, 0.05) is 22.7 Å². The van der Waals surface area contributed by atoms with E-state index in [1.807, 2.05) is 20.8 Å². The molecule has 0 aliphatic rings. The normalized spacial score (nSPS) is 12.4. The smallest absolute Gasteiger partial charge is 0.242 e. The molecule has 0 aromatic heterocycles. The van der Waals surface area contributed by atoms with Gasteiger partial charge in [-0.15, -0.1) is 0 Å². The Morgan fingerprint density at radius 3 is 2.28 bits per heavy atom. The molecule has 29 heavy (non-hydrogen) atoms. The molecule has 2 aromatic carbocycles. The maximum Gasteiger partial charge on any atom is 0.242 e. The zero-order valence-electron chi connectivity index (χ0n) is 16.9. The highest BCUT2D eigenvalue weighted by Gasteiger charge is 2.29. The second kappa shape index (κ2) is 9.35. The van der Waals surface area contributed by atoms with Crippen LogP contribution in [0.2, 0.25) is 5.02 Å². The van der Waals surface area contributed by atoms with Crippen LogP contribution in [0.25, 0.3) is 0 Å². The summed E-state index contributed by atoms with van der Waals surface area (Å²) in [5.74, 6) is -1.78. The standard InChI is InChI=1S/C22H25ClF2N2O2/c1-14(21(29)26-22(2,3)4)27(13-15-8-10-16(24)11-9-15)20(28)12-17-18(23)6-5-7-19(17)25/h5-11,14H,12-13H2,1-4H3,(H,26,29)/t14-/m1/s1. The highest BCUT2D eigenvalue weighted by atomic mass is 35.5. The van der Waals surface area contributed by atoms with E-state index in [1.54, 1.807) is 19.1 Å². The van der Waals surface area contributed by atoms with Crippen LogP contribution in [0.5, 0.6) is 0 Å². The Morgan fingerprint density at radius 1 is 1.10 bits per heavy atom.